The number of nitrogens with zero attached hydrogens (tertiary/aromatic N) is 2. The molecule has 0 atom stereocenters. The molecule has 0 radical (unpaired) electrons. The van der Waals surface area contributed by atoms with Crippen molar-refractivity contribution in [3.63, 3.8) is 0 Å². The lowest BCUT2D eigenvalue weighted by molar-refractivity contribution is -0.122. The molecule has 1 fully saturated rings. The van der Waals surface area contributed by atoms with E-state index in [2.05, 4.69) is 15.6 Å². The number of para-hydroxylation sites is 2. The molecule has 3 rings (SSSR count). The third-order valence-corrected chi connectivity index (χ3v) is 4.90. The normalized spacial score (nSPS) is 14.7. The Labute approximate surface area is 154 Å². The van der Waals surface area contributed by atoms with Gasteiger partial charge in [-0.1, -0.05) is 31.9 Å². The fraction of sp³-hybridized carbons (Fsp3) is 0.550. The van der Waals surface area contributed by atoms with Crippen LogP contribution in [0.5, 0.6) is 0 Å². The number of benzene rings is 1. The second-order valence-corrected chi connectivity index (χ2v) is 7.00. The van der Waals surface area contributed by atoms with Gasteiger partial charge in [-0.25, -0.2) is 4.98 Å². The summed E-state index contributed by atoms with van der Waals surface area (Å²) in [6.45, 7) is 2.80. The number of fused-ring (bicyclic) bond motifs is 1. The Hall–Kier alpha value is -2.37. The summed E-state index contributed by atoms with van der Waals surface area (Å²) in [4.78, 5) is 28.8. The SMILES string of the molecule is CCCC(=O)NCCc1nc2ccccc2n1CC(=O)NC1CCCC1. The van der Waals surface area contributed by atoms with E-state index in [1.165, 1.54) is 12.8 Å². The van der Waals surface area contributed by atoms with Gasteiger partial charge in [0.25, 0.3) is 0 Å². The van der Waals surface area contributed by atoms with Gasteiger partial charge in [0.05, 0.1) is 11.0 Å². The van der Waals surface area contributed by atoms with Crippen molar-refractivity contribution in [3.8, 4) is 0 Å². The minimum absolute atomic E-state index is 0.0383. The van der Waals surface area contributed by atoms with Gasteiger partial charge in [0.2, 0.25) is 11.8 Å². The topological polar surface area (TPSA) is 76.0 Å². The molecule has 0 aliphatic heterocycles. The second kappa shape index (κ2) is 8.83. The fourth-order valence-electron chi connectivity index (χ4n) is 3.61. The maximum atomic E-state index is 12.5. The predicted octanol–water partition coefficient (Wildman–Crippen LogP) is 2.55. The van der Waals surface area contributed by atoms with Crippen LogP contribution in [0.2, 0.25) is 0 Å². The van der Waals surface area contributed by atoms with Crippen molar-refractivity contribution in [1.82, 2.24) is 20.2 Å². The molecule has 1 saturated carbocycles. The summed E-state index contributed by atoms with van der Waals surface area (Å²) in [5, 5.41) is 6.07. The Morgan fingerprint density at radius 2 is 1.96 bits per heavy atom. The van der Waals surface area contributed by atoms with Crippen molar-refractivity contribution in [2.75, 3.05) is 6.54 Å². The summed E-state index contributed by atoms with van der Waals surface area (Å²) in [6.07, 6.45) is 6.54. The quantitative estimate of drug-likeness (QED) is 0.763. The Morgan fingerprint density at radius 3 is 2.73 bits per heavy atom. The van der Waals surface area contributed by atoms with Gasteiger partial charge in [-0.2, -0.15) is 0 Å². The summed E-state index contributed by atoms with van der Waals surface area (Å²) in [5.74, 6) is 0.940. The molecule has 0 unspecified atom stereocenters. The van der Waals surface area contributed by atoms with Crippen LogP contribution in [0.25, 0.3) is 11.0 Å². The standard InChI is InChI=1S/C20H28N4O2/c1-2-7-19(25)21-13-12-18-23-16-10-5-6-11-17(16)24(18)14-20(26)22-15-8-3-4-9-15/h5-6,10-11,15H,2-4,7-9,12-14H2,1H3,(H,21,25)(H,22,26). The van der Waals surface area contributed by atoms with Gasteiger partial charge in [0.15, 0.2) is 0 Å². The minimum Gasteiger partial charge on any atom is -0.356 e. The van der Waals surface area contributed by atoms with Crippen molar-refractivity contribution in [1.29, 1.82) is 0 Å². The number of hydrogen-bond acceptors (Lipinski definition) is 3. The Bertz CT molecular complexity index is 762. The zero-order chi connectivity index (χ0) is 18.4. The molecule has 1 heterocycles. The van der Waals surface area contributed by atoms with E-state index in [1.54, 1.807) is 0 Å². The Balaban J connectivity index is 1.69. The molecule has 1 aromatic carbocycles. The summed E-state index contributed by atoms with van der Waals surface area (Å²) >= 11 is 0. The largest absolute Gasteiger partial charge is 0.356 e. The van der Waals surface area contributed by atoms with Crippen LogP contribution >= 0.6 is 0 Å². The number of carbonyl (C=O) groups excluding carboxylic acids is 2. The third kappa shape index (κ3) is 4.62. The zero-order valence-electron chi connectivity index (χ0n) is 15.5. The summed E-state index contributed by atoms with van der Waals surface area (Å²) in [5.41, 5.74) is 1.85. The Kier molecular flexibility index (Phi) is 6.26. The van der Waals surface area contributed by atoms with Crippen LogP contribution in [-0.2, 0) is 22.6 Å². The lowest BCUT2D eigenvalue weighted by atomic mass is 10.2. The van der Waals surface area contributed by atoms with E-state index in [1.807, 2.05) is 35.8 Å². The van der Waals surface area contributed by atoms with Gasteiger partial charge in [0, 0.05) is 25.4 Å². The highest BCUT2D eigenvalue weighted by Crippen LogP contribution is 2.19. The number of amides is 2. The van der Waals surface area contributed by atoms with Gasteiger partial charge < -0.3 is 15.2 Å². The van der Waals surface area contributed by atoms with Crippen LogP contribution in [0.4, 0.5) is 0 Å². The number of carbonyl (C=O) groups is 2. The van der Waals surface area contributed by atoms with Crippen LogP contribution < -0.4 is 10.6 Å². The van der Waals surface area contributed by atoms with Crippen molar-refractivity contribution in [3.05, 3.63) is 30.1 Å². The zero-order valence-corrected chi connectivity index (χ0v) is 15.5. The second-order valence-electron chi connectivity index (χ2n) is 7.00. The average molecular weight is 356 g/mol. The van der Waals surface area contributed by atoms with Crippen LogP contribution in [0.15, 0.2) is 24.3 Å². The molecule has 6 heteroatoms. The molecule has 1 aliphatic carbocycles. The van der Waals surface area contributed by atoms with Crippen LogP contribution in [0.1, 0.15) is 51.3 Å². The van der Waals surface area contributed by atoms with E-state index in [0.717, 1.165) is 36.1 Å². The Morgan fingerprint density at radius 1 is 1.19 bits per heavy atom. The van der Waals surface area contributed by atoms with Crippen LogP contribution in [-0.4, -0.2) is 34.0 Å². The molecular formula is C20H28N4O2. The van der Waals surface area contributed by atoms with Gasteiger partial charge >= 0.3 is 0 Å². The third-order valence-electron chi connectivity index (χ3n) is 4.90. The first-order chi connectivity index (χ1) is 12.7. The van der Waals surface area contributed by atoms with E-state index in [0.29, 0.717) is 25.4 Å². The number of rotatable bonds is 8. The molecule has 140 valence electrons. The van der Waals surface area contributed by atoms with E-state index < -0.39 is 0 Å². The first-order valence-electron chi connectivity index (χ1n) is 9.67. The summed E-state index contributed by atoms with van der Waals surface area (Å²) in [7, 11) is 0. The minimum atomic E-state index is 0.0383. The van der Waals surface area contributed by atoms with E-state index >= 15 is 0 Å². The van der Waals surface area contributed by atoms with Crippen LogP contribution in [0.3, 0.4) is 0 Å². The fourth-order valence-corrected chi connectivity index (χ4v) is 3.61. The molecule has 0 saturated heterocycles. The highest BCUT2D eigenvalue weighted by molar-refractivity contribution is 5.81. The number of aromatic nitrogens is 2. The molecule has 2 amide bonds. The molecule has 1 aromatic heterocycles. The monoisotopic (exact) mass is 356 g/mol. The molecule has 2 N–H and O–H groups in total. The number of nitrogens with one attached hydrogen (secondary N) is 2. The lowest BCUT2D eigenvalue weighted by Crippen LogP contribution is -2.35. The van der Waals surface area contributed by atoms with E-state index in [9.17, 15) is 9.59 Å². The molecule has 2 aromatic rings. The first kappa shape index (κ1) is 18.4. The first-order valence-corrected chi connectivity index (χ1v) is 9.67. The van der Waals surface area contributed by atoms with Gasteiger partial charge in [-0.3, -0.25) is 9.59 Å². The number of hydrogen-bond donors (Lipinski definition) is 2. The smallest absolute Gasteiger partial charge is 0.240 e. The highest BCUT2D eigenvalue weighted by Gasteiger charge is 2.19. The molecule has 26 heavy (non-hydrogen) atoms. The predicted molar refractivity (Wildman–Crippen MR) is 102 cm³/mol. The molecular weight excluding hydrogens is 328 g/mol. The van der Waals surface area contributed by atoms with Gasteiger partial charge in [0.1, 0.15) is 12.4 Å². The van der Waals surface area contributed by atoms with Crippen molar-refractivity contribution < 1.29 is 9.59 Å². The number of imidazole rings is 1. The maximum absolute atomic E-state index is 12.5. The maximum Gasteiger partial charge on any atom is 0.240 e. The summed E-state index contributed by atoms with van der Waals surface area (Å²) in [6, 6.07) is 8.17. The van der Waals surface area contributed by atoms with Crippen molar-refractivity contribution >= 4 is 22.8 Å². The van der Waals surface area contributed by atoms with Crippen LogP contribution in [0, 0.1) is 0 Å². The van der Waals surface area contributed by atoms with Gasteiger partial charge in [-0.05, 0) is 31.4 Å². The average Bonchev–Trinajstić information content (AvgIpc) is 3.24. The highest BCUT2D eigenvalue weighted by atomic mass is 16.2. The van der Waals surface area contributed by atoms with Gasteiger partial charge in [-0.15, -0.1) is 0 Å². The van der Waals surface area contributed by atoms with Crippen molar-refractivity contribution in [2.45, 2.75) is 64.5 Å². The van der Waals surface area contributed by atoms with E-state index in [-0.39, 0.29) is 18.4 Å². The summed E-state index contributed by atoms with van der Waals surface area (Å²) < 4.78 is 1.98. The van der Waals surface area contributed by atoms with E-state index in [4.69, 9.17) is 0 Å². The van der Waals surface area contributed by atoms with Crippen molar-refractivity contribution in [2.24, 2.45) is 0 Å². The molecule has 1 aliphatic rings. The molecule has 0 bridgehead atoms. The molecule has 6 nitrogen and oxygen atoms in total. The molecule has 0 spiro atoms. The lowest BCUT2D eigenvalue weighted by Gasteiger charge is -2.14.